The second-order valence-corrected chi connectivity index (χ2v) is 13.4. The molecule has 12 nitrogen and oxygen atoms in total. The predicted octanol–water partition coefficient (Wildman–Crippen LogP) is 5.10. The van der Waals surface area contributed by atoms with E-state index in [2.05, 4.69) is 15.3 Å². The zero-order chi connectivity index (χ0) is 31.2. The maximum Gasteiger partial charge on any atom is 0.411 e. The molecule has 4 aliphatic heterocycles. The third-order valence-electron chi connectivity index (χ3n) is 8.95. The quantitative estimate of drug-likeness (QED) is 0.497. The molecule has 3 atom stereocenters. The van der Waals surface area contributed by atoms with Gasteiger partial charge in [0.05, 0.1) is 24.5 Å². The Morgan fingerprint density at radius 1 is 1.18 bits per heavy atom. The Labute approximate surface area is 258 Å². The van der Waals surface area contributed by atoms with Crippen molar-refractivity contribution in [3.8, 4) is 0 Å². The van der Waals surface area contributed by atoms with Crippen molar-refractivity contribution in [1.82, 2.24) is 24.7 Å². The number of aromatic amines is 1. The predicted molar refractivity (Wildman–Crippen MR) is 166 cm³/mol. The lowest BCUT2D eigenvalue weighted by atomic mass is 9.87. The number of ether oxygens (including phenoxy) is 2. The summed E-state index contributed by atoms with van der Waals surface area (Å²) in [6.45, 7) is 7.88. The van der Waals surface area contributed by atoms with Gasteiger partial charge in [-0.25, -0.2) is 14.6 Å². The first kappa shape index (κ1) is 30.0. The van der Waals surface area contributed by atoms with Crippen LogP contribution in [-0.4, -0.2) is 94.2 Å². The van der Waals surface area contributed by atoms with Crippen LogP contribution in [0.25, 0.3) is 6.08 Å². The molecule has 44 heavy (non-hydrogen) atoms. The van der Waals surface area contributed by atoms with E-state index in [0.29, 0.717) is 44.0 Å². The summed E-state index contributed by atoms with van der Waals surface area (Å²) in [4.78, 5) is 54.7. The highest BCUT2D eigenvalue weighted by Crippen LogP contribution is 2.42. The summed E-state index contributed by atoms with van der Waals surface area (Å²) in [5.41, 5.74) is 1.19. The number of pyridine rings is 1. The monoisotopic (exact) mass is 605 g/mol. The maximum atomic E-state index is 13.8. The molecule has 2 aromatic heterocycles. The average Bonchev–Trinajstić information content (AvgIpc) is 3.69. The third kappa shape index (κ3) is 5.51. The summed E-state index contributed by atoms with van der Waals surface area (Å²) < 4.78 is 11.4. The number of likely N-dealkylation sites (tertiary alicyclic amines) is 1. The zero-order valence-corrected chi connectivity index (χ0v) is 26.3. The molecule has 2 aromatic rings. The first-order valence-corrected chi connectivity index (χ1v) is 15.5. The number of rotatable bonds is 4. The van der Waals surface area contributed by atoms with Gasteiger partial charge in [0, 0.05) is 57.2 Å². The molecule has 236 valence electrons. The van der Waals surface area contributed by atoms with Gasteiger partial charge in [0.25, 0.3) is 5.91 Å². The summed E-state index contributed by atoms with van der Waals surface area (Å²) in [5, 5.41) is 3.35. The summed E-state index contributed by atoms with van der Waals surface area (Å²) >= 11 is 0. The number of hydrogen-bond donors (Lipinski definition) is 2. The molecule has 12 heteroatoms. The first-order chi connectivity index (χ1) is 21.0. The van der Waals surface area contributed by atoms with Crippen molar-refractivity contribution in [2.45, 2.75) is 70.1 Å². The molecule has 0 bridgehead atoms. The molecule has 3 unspecified atom stereocenters. The fourth-order valence-electron chi connectivity index (χ4n) is 6.92. The molecule has 0 saturated carbocycles. The molecule has 3 fully saturated rings. The van der Waals surface area contributed by atoms with Crippen molar-refractivity contribution in [2.24, 2.45) is 5.92 Å². The SMILES string of the molecule is CN(C)C(=O)N1C=Cc2cc(Nc3ccc(N4CCC5(CCCN5C(=O)OC(C)(C)C)C4=O)cn3)[nH]c2C1C1CCCOC1. The molecule has 0 aromatic carbocycles. The smallest absolute Gasteiger partial charge is 0.411 e. The van der Waals surface area contributed by atoms with Crippen LogP contribution >= 0.6 is 0 Å². The minimum atomic E-state index is -0.863. The highest BCUT2D eigenvalue weighted by Gasteiger charge is 2.56. The number of nitrogens with one attached hydrogen (secondary N) is 2. The van der Waals surface area contributed by atoms with E-state index in [4.69, 9.17) is 9.47 Å². The van der Waals surface area contributed by atoms with Crippen molar-refractivity contribution in [2.75, 3.05) is 50.6 Å². The van der Waals surface area contributed by atoms with E-state index in [0.717, 1.165) is 42.9 Å². The standard InChI is InChI=1S/C32H43N7O5/c1-31(2,3)44-30(42)39-14-7-12-32(39)13-16-37(28(32)40)23-9-10-24(33-19-23)34-25-18-21-11-15-38(29(41)36(4)5)27(26(21)35-25)22-8-6-17-43-20-22/h9-11,15,18-19,22,27,35H,6-8,12-14,16-17,20H2,1-5H3,(H,33,34). The van der Waals surface area contributed by atoms with Crippen LogP contribution in [0.4, 0.5) is 26.9 Å². The number of urea groups is 1. The largest absolute Gasteiger partial charge is 0.444 e. The lowest BCUT2D eigenvalue weighted by molar-refractivity contribution is -0.126. The van der Waals surface area contributed by atoms with Gasteiger partial charge in [0.1, 0.15) is 22.8 Å². The number of nitrogens with zero attached hydrogens (tertiary/aromatic N) is 5. The van der Waals surface area contributed by atoms with Crippen molar-refractivity contribution < 1.29 is 23.9 Å². The first-order valence-electron chi connectivity index (χ1n) is 15.5. The van der Waals surface area contributed by atoms with Crippen molar-refractivity contribution in [3.05, 3.63) is 41.9 Å². The number of carbonyl (C=O) groups is 3. The van der Waals surface area contributed by atoms with Crippen LogP contribution in [0.1, 0.15) is 70.2 Å². The van der Waals surface area contributed by atoms with E-state index in [1.807, 2.05) is 51.2 Å². The van der Waals surface area contributed by atoms with Crippen LogP contribution in [0, 0.1) is 5.92 Å². The normalized spacial score (nSPS) is 25.0. The molecule has 1 spiro atoms. The molecule has 0 aliphatic carbocycles. The number of amides is 4. The van der Waals surface area contributed by atoms with Gasteiger partial charge in [0.15, 0.2) is 0 Å². The van der Waals surface area contributed by atoms with E-state index < -0.39 is 17.2 Å². The Morgan fingerprint density at radius 3 is 2.68 bits per heavy atom. The van der Waals surface area contributed by atoms with Crippen LogP contribution in [-0.2, 0) is 14.3 Å². The van der Waals surface area contributed by atoms with Gasteiger partial charge in [-0.05, 0) is 77.2 Å². The maximum absolute atomic E-state index is 13.8. The van der Waals surface area contributed by atoms with Gasteiger partial charge < -0.3 is 29.6 Å². The van der Waals surface area contributed by atoms with E-state index in [1.165, 1.54) is 0 Å². The highest BCUT2D eigenvalue weighted by molar-refractivity contribution is 6.04. The van der Waals surface area contributed by atoms with Crippen LogP contribution < -0.4 is 10.2 Å². The highest BCUT2D eigenvalue weighted by atomic mass is 16.6. The fourth-order valence-corrected chi connectivity index (χ4v) is 6.92. The summed E-state index contributed by atoms with van der Waals surface area (Å²) in [5.74, 6) is 1.47. The molecular formula is C32H43N7O5. The van der Waals surface area contributed by atoms with Gasteiger partial charge >= 0.3 is 12.1 Å². The van der Waals surface area contributed by atoms with Gasteiger partial charge in [-0.15, -0.1) is 0 Å². The number of aromatic nitrogens is 2. The van der Waals surface area contributed by atoms with Gasteiger partial charge in [-0.2, -0.15) is 0 Å². The second-order valence-electron chi connectivity index (χ2n) is 13.4. The molecular weight excluding hydrogens is 562 g/mol. The Morgan fingerprint density at radius 2 is 2.00 bits per heavy atom. The van der Waals surface area contributed by atoms with Crippen molar-refractivity contribution >= 4 is 41.4 Å². The van der Waals surface area contributed by atoms with Crippen LogP contribution in [0.2, 0.25) is 0 Å². The number of carbonyl (C=O) groups excluding carboxylic acids is 3. The fraction of sp³-hybridized carbons (Fsp3) is 0.562. The number of anilines is 3. The number of H-pyrrole nitrogens is 1. The minimum absolute atomic E-state index is 0.0751. The second kappa shape index (κ2) is 11.5. The molecule has 2 N–H and O–H groups in total. The van der Waals surface area contributed by atoms with Gasteiger partial charge in [-0.1, -0.05) is 0 Å². The van der Waals surface area contributed by atoms with Gasteiger partial charge in [0.2, 0.25) is 0 Å². The summed E-state index contributed by atoms with van der Waals surface area (Å²) in [6, 6.07) is 5.50. The van der Waals surface area contributed by atoms with E-state index in [-0.39, 0.29) is 23.9 Å². The Kier molecular flexibility index (Phi) is 7.81. The number of hydrogen-bond acceptors (Lipinski definition) is 7. The molecule has 3 saturated heterocycles. The Balaban J connectivity index is 1.17. The van der Waals surface area contributed by atoms with Gasteiger partial charge in [-0.3, -0.25) is 14.6 Å². The summed E-state index contributed by atoms with van der Waals surface area (Å²) in [7, 11) is 3.52. The molecule has 4 amide bonds. The minimum Gasteiger partial charge on any atom is -0.444 e. The Bertz CT molecular complexity index is 1440. The van der Waals surface area contributed by atoms with E-state index in [1.54, 1.807) is 39.9 Å². The molecule has 6 heterocycles. The van der Waals surface area contributed by atoms with E-state index in [9.17, 15) is 14.4 Å². The molecule has 6 rings (SSSR count). The number of fused-ring (bicyclic) bond motifs is 1. The van der Waals surface area contributed by atoms with Crippen LogP contribution in [0.3, 0.4) is 0 Å². The van der Waals surface area contributed by atoms with E-state index >= 15 is 0 Å². The zero-order valence-electron chi connectivity index (χ0n) is 26.3. The summed E-state index contributed by atoms with van der Waals surface area (Å²) in [6.07, 6.45) is 8.98. The molecule has 4 aliphatic rings. The van der Waals surface area contributed by atoms with Crippen LogP contribution in [0.15, 0.2) is 30.6 Å². The van der Waals surface area contributed by atoms with Crippen molar-refractivity contribution in [1.29, 1.82) is 0 Å². The van der Waals surface area contributed by atoms with Crippen LogP contribution in [0.5, 0.6) is 0 Å². The lowest BCUT2D eigenvalue weighted by Crippen LogP contribution is -2.54. The average molecular weight is 606 g/mol. The molecule has 0 radical (unpaired) electrons. The van der Waals surface area contributed by atoms with Crippen molar-refractivity contribution in [3.63, 3.8) is 0 Å². The third-order valence-corrected chi connectivity index (χ3v) is 8.95. The lowest BCUT2D eigenvalue weighted by Gasteiger charge is -2.39. The Hall–Kier alpha value is -4.06. The topological polar surface area (TPSA) is 123 Å².